The van der Waals surface area contributed by atoms with E-state index in [1.165, 1.54) is 17.0 Å². The third kappa shape index (κ3) is 4.20. The molecule has 3 aromatic rings. The van der Waals surface area contributed by atoms with Crippen molar-refractivity contribution in [2.24, 2.45) is 5.14 Å². The molecule has 0 saturated carbocycles. The molecule has 158 valence electrons. The van der Waals surface area contributed by atoms with Crippen LogP contribution in [0.4, 0.5) is 11.4 Å². The molecule has 0 aromatic heterocycles. The number of primary sulfonamides is 1. The first-order valence-corrected chi connectivity index (χ1v) is 11.6. The number of ether oxygens (including phenoxy) is 1. The highest BCUT2D eigenvalue weighted by Gasteiger charge is 2.28. The third-order valence-electron chi connectivity index (χ3n) is 4.77. The monoisotopic (exact) mass is 454 g/mol. The Morgan fingerprint density at radius 2 is 1.55 bits per heavy atom. The zero-order valence-corrected chi connectivity index (χ0v) is 18.1. The number of aryl methyl sites for hydroxylation is 1. The standard InChI is InChI=1S/C22H18N2O5S2/c1-14-10-11-15(31(23,27)28)12-16(14)22(26)29-13-21(25)24-17-6-2-4-8-19(17)30-20-9-5-3-7-18(20)24/h2-12H,13H2,1H3,(H2,23,27,28). The van der Waals surface area contributed by atoms with E-state index in [-0.39, 0.29) is 10.5 Å². The summed E-state index contributed by atoms with van der Waals surface area (Å²) in [6.07, 6.45) is 0. The Morgan fingerprint density at radius 1 is 0.968 bits per heavy atom. The van der Waals surface area contributed by atoms with Gasteiger partial charge in [-0.1, -0.05) is 42.1 Å². The number of hydrogen-bond acceptors (Lipinski definition) is 6. The predicted molar refractivity (Wildman–Crippen MR) is 117 cm³/mol. The number of anilines is 2. The quantitative estimate of drug-likeness (QED) is 0.604. The van der Waals surface area contributed by atoms with E-state index in [0.717, 1.165) is 15.9 Å². The second-order valence-corrected chi connectivity index (χ2v) is 9.51. The fourth-order valence-corrected chi connectivity index (χ4v) is 4.84. The van der Waals surface area contributed by atoms with E-state index < -0.39 is 28.5 Å². The van der Waals surface area contributed by atoms with Gasteiger partial charge in [-0.2, -0.15) is 0 Å². The zero-order valence-electron chi connectivity index (χ0n) is 16.4. The van der Waals surface area contributed by atoms with E-state index in [1.54, 1.807) is 18.7 Å². The van der Waals surface area contributed by atoms with Crippen molar-refractivity contribution < 1.29 is 22.7 Å². The number of sulfonamides is 1. The number of fused-ring (bicyclic) bond motifs is 2. The van der Waals surface area contributed by atoms with Crippen LogP contribution in [0.2, 0.25) is 0 Å². The van der Waals surface area contributed by atoms with Crippen LogP contribution in [0.25, 0.3) is 0 Å². The van der Waals surface area contributed by atoms with Crippen LogP contribution in [0.5, 0.6) is 0 Å². The maximum atomic E-state index is 13.1. The van der Waals surface area contributed by atoms with E-state index in [1.807, 2.05) is 48.5 Å². The lowest BCUT2D eigenvalue weighted by molar-refractivity contribution is -0.121. The van der Waals surface area contributed by atoms with Gasteiger partial charge >= 0.3 is 5.97 Å². The SMILES string of the molecule is Cc1ccc(S(N)(=O)=O)cc1C(=O)OCC(=O)N1c2ccccc2Sc2ccccc21. The van der Waals surface area contributed by atoms with E-state index in [9.17, 15) is 18.0 Å². The molecule has 0 aliphatic carbocycles. The molecular formula is C22H18N2O5S2. The maximum absolute atomic E-state index is 13.1. The van der Waals surface area contributed by atoms with Crippen molar-refractivity contribution in [3.63, 3.8) is 0 Å². The summed E-state index contributed by atoms with van der Waals surface area (Å²) in [6, 6.07) is 18.9. The molecule has 1 aliphatic rings. The first-order valence-electron chi connectivity index (χ1n) is 9.25. The van der Waals surface area contributed by atoms with E-state index >= 15 is 0 Å². The Balaban J connectivity index is 1.59. The average Bonchev–Trinajstić information content (AvgIpc) is 2.75. The van der Waals surface area contributed by atoms with Gasteiger partial charge in [0.1, 0.15) is 0 Å². The van der Waals surface area contributed by atoms with Gasteiger partial charge in [-0.15, -0.1) is 0 Å². The van der Waals surface area contributed by atoms with Crippen molar-refractivity contribution in [2.45, 2.75) is 21.6 Å². The van der Waals surface area contributed by atoms with Gasteiger partial charge in [-0.3, -0.25) is 9.69 Å². The predicted octanol–water partition coefficient (Wildman–Crippen LogP) is 3.63. The topological polar surface area (TPSA) is 107 Å². The smallest absolute Gasteiger partial charge is 0.338 e. The fraction of sp³-hybridized carbons (Fsp3) is 0.0909. The molecule has 9 heteroatoms. The number of rotatable bonds is 4. The Morgan fingerprint density at radius 3 is 2.13 bits per heavy atom. The normalized spacial score (nSPS) is 12.6. The molecular weight excluding hydrogens is 436 g/mol. The molecule has 31 heavy (non-hydrogen) atoms. The molecule has 3 aromatic carbocycles. The highest BCUT2D eigenvalue weighted by molar-refractivity contribution is 7.99. The lowest BCUT2D eigenvalue weighted by Crippen LogP contribution is -2.32. The number of carbonyl (C=O) groups is 2. The molecule has 4 rings (SSSR count). The van der Waals surface area contributed by atoms with Gasteiger partial charge in [0.25, 0.3) is 5.91 Å². The summed E-state index contributed by atoms with van der Waals surface area (Å²) in [5.74, 6) is -1.22. The van der Waals surface area contributed by atoms with Gasteiger partial charge in [0.2, 0.25) is 10.0 Å². The molecule has 1 amide bonds. The Hall–Kier alpha value is -3.14. The van der Waals surface area contributed by atoms with Gasteiger partial charge in [0.15, 0.2) is 6.61 Å². The number of hydrogen-bond donors (Lipinski definition) is 1. The van der Waals surface area contributed by atoms with Crippen LogP contribution in [-0.4, -0.2) is 26.9 Å². The molecule has 0 bridgehead atoms. The largest absolute Gasteiger partial charge is 0.452 e. The Bertz CT molecular complexity index is 1260. The van der Waals surface area contributed by atoms with Crippen molar-refractivity contribution >= 4 is 45.0 Å². The molecule has 1 heterocycles. The highest BCUT2D eigenvalue weighted by Crippen LogP contribution is 2.47. The fourth-order valence-electron chi connectivity index (χ4n) is 3.24. The summed E-state index contributed by atoms with van der Waals surface area (Å²) < 4.78 is 28.4. The second-order valence-electron chi connectivity index (χ2n) is 6.86. The van der Waals surface area contributed by atoms with Crippen molar-refractivity contribution in [1.82, 2.24) is 0 Å². The third-order valence-corrected chi connectivity index (χ3v) is 6.81. The number of amides is 1. The first-order chi connectivity index (χ1) is 14.8. The molecule has 0 atom stereocenters. The van der Waals surface area contributed by atoms with Crippen LogP contribution in [0.1, 0.15) is 15.9 Å². The Kier molecular flexibility index (Phi) is 5.57. The lowest BCUT2D eigenvalue weighted by atomic mass is 10.1. The van der Waals surface area contributed by atoms with Crippen LogP contribution in [-0.2, 0) is 19.6 Å². The number of nitrogens with two attached hydrogens (primary N) is 1. The molecule has 1 aliphatic heterocycles. The van der Waals surface area contributed by atoms with E-state index in [0.29, 0.717) is 16.9 Å². The minimum absolute atomic E-state index is 0.0364. The average molecular weight is 455 g/mol. The van der Waals surface area contributed by atoms with Crippen molar-refractivity contribution in [1.29, 1.82) is 0 Å². The van der Waals surface area contributed by atoms with Gasteiger partial charge < -0.3 is 4.74 Å². The van der Waals surface area contributed by atoms with Crippen LogP contribution in [0.15, 0.2) is 81.4 Å². The van der Waals surface area contributed by atoms with Crippen LogP contribution < -0.4 is 10.0 Å². The minimum atomic E-state index is -3.98. The number of para-hydroxylation sites is 2. The number of nitrogens with zero attached hydrogens (tertiary/aromatic N) is 1. The van der Waals surface area contributed by atoms with Crippen molar-refractivity contribution in [3.05, 3.63) is 77.9 Å². The number of esters is 1. The summed E-state index contributed by atoms with van der Waals surface area (Å²) in [4.78, 5) is 28.8. The molecule has 0 unspecified atom stereocenters. The van der Waals surface area contributed by atoms with Gasteiger partial charge in [-0.25, -0.2) is 18.4 Å². The second kappa shape index (κ2) is 8.18. The number of carbonyl (C=O) groups excluding carboxylic acids is 2. The van der Waals surface area contributed by atoms with Gasteiger partial charge in [0, 0.05) is 9.79 Å². The summed E-state index contributed by atoms with van der Waals surface area (Å²) in [7, 11) is -3.98. The molecule has 7 nitrogen and oxygen atoms in total. The summed E-state index contributed by atoms with van der Waals surface area (Å²) in [5.41, 5.74) is 1.96. The van der Waals surface area contributed by atoms with Crippen molar-refractivity contribution in [2.75, 3.05) is 11.5 Å². The van der Waals surface area contributed by atoms with Crippen LogP contribution in [0.3, 0.4) is 0 Å². The summed E-state index contributed by atoms with van der Waals surface area (Å²) in [5, 5.41) is 5.14. The summed E-state index contributed by atoms with van der Waals surface area (Å²) in [6.45, 7) is 1.13. The van der Waals surface area contributed by atoms with Crippen LogP contribution in [0, 0.1) is 6.92 Å². The Labute approximate surface area is 183 Å². The number of benzene rings is 3. The maximum Gasteiger partial charge on any atom is 0.338 e. The lowest BCUT2D eigenvalue weighted by Gasteiger charge is -2.30. The molecule has 0 radical (unpaired) electrons. The molecule has 0 saturated heterocycles. The summed E-state index contributed by atoms with van der Waals surface area (Å²) >= 11 is 1.56. The highest BCUT2D eigenvalue weighted by atomic mass is 32.2. The van der Waals surface area contributed by atoms with E-state index in [4.69, 9.17) is 9.88 Å². The first kappa shape index (κ1) is 21.1. The zero-order chi connectivity index (χ0) is 22.2. The molecule has 0 spiro atoms. The molecule has 2 N–H and O–H groups in total. The van der Waals surface area contributed by atoms with E-state index in [2.05, 4.69) is 0 Å². The van der Waals surface area contributed by atoms with Crippen molar-refractivity contribution in [3.8, 4) is 0 Å². The minimum Gasteiger partial charge on any atom is -0.452 e. The molecule has 0 fully saturated rings. The van der Waals surface area contributed by atoms with Gasteiger partial charge in [0.05, 0.1) is 21.8 Å². The van der Waals surface area contributed by atoms with Crippen LogP contribution >= 0.6 is 11.8 Å². The van der Waals surface area contributed by atoms with Gasteiger partial charge in [-0.05, 0) is 48.9 Å².